The molecule has 0 saturated carbocycles. The largest absolute Gasteiger partial charge is 0.504 e. The van der Waals surface area contributed by atoms with Crippen molar-refractivity contribution < 1.29 is 9.84 Å². The van der Waals surface area contributed by atoms with Gasteiger partial charge in [0.2, 0.25) is 0 Å². The van der Waals surface area contributed by atoms with E-state index in [4.69, 9.17) is 32.9 Å². The second-order valence-corrected chi connectivity index (χ2v) is 10.5. The molecule has 3 heterocycles. The fraction of sp³-hybridized carbons (Fsp3) is 0.346. The van der Waals surface area contributed by atoms with Gasteiger partial charge in [-0.2, -0.15) is 0 Å². The maximum absolute atomic E-state index is 10.7. The van der Waals surface area contributed by atoms with Gasteiger partial charge >= 0.3 is 0 Å². The summed E-state index contributed by atoms with van der Waals surface area (Å²) < 4.78 is 6.58. The van der Waals surface area contributed by atoms with Crippen LogP contribution in [0.1, 0.15) is 34.9 Å². The van der Waals surface area contributed by atoms with Crippen LogP contribution < -0.4 is 4.74 Å². The van der Waals surface area contributed by atoms with Crippen molar-refractivity contribution >= 4 is 23.2 Å². The summed E-state index contributed by atoms with van der Waals surface area (Å²) in [7, 11) is 2.24. The van der Waals surface area contributed by atoms with Crippen molar-refractivity contribution in [2.24, 2.45) is 5.92 Å². The lowest BCUT2D eigenvalue weighted by atomic mass is 9.51. The molecule has 6 heteroatoms. The molecule has 2 aliphatic heterocycles. The molecule has 2 aliphatic carbocycles. The van der Waals surface area contributed by atoms with Crippen LogP contribution in [0.25, 0.3) is 11.1 Å². The molecule has 1 saturated heterocycles. The highest BCUT2D eigenvalue weighted by Crippen LogP contribution is 2.66. The van der Waals surface area contributed by atoms with Crippen LogP contribution in [0.2, 0.25) is 10.0 Å². The summed E-state index contributed by atoms with van der Waals surface area (Å²) in [5.41, 5.74) is 6.75. The van der Waals surface area contributed by atoms with E-state index in [1.54, 1.807) is 6.07 Å². The van der Waals surface area contributed by atoms with Crippen molar-refractivity contribution in [1.82, 2.24) is 9.88 Å². The Morgan fingerprint density at radius 2 is 1.94 bits per heavy atom. The zero-order valence-electron chi connectivity index (χ0n) is 17.6. The Bertz CT molecular complexity index is 1310. The second-order valence-electron chi connectivity index (χ2n) is 9.70. The van der Waals surface area contributed by atoms with Crippen LogP contribution in [0.3, 0.4) is 0 Å². The van der Waals surface area contributed by atoms with Crippen LogP contribution in [0, 0.1) is 5.92 Å². The maximum Gasteiger partial charge on any atom is 0.166 e. The third-order valence-electron chi connectivity index (χ3n) is 8.33. The van der Waals surface area contributed by atoms with Gasteiger partial charge in [0, 0.05) is 28.8 Å². The first-order valence-electron chi connectivity index (χ1n) is 11.1. The van der Waals surface area contributed by atoms with E-state index < -0.39 is 0 Å². The molecule has 2 aromatic carbocycles. The van der Waals surface area contributed by atoms with Crippen LogP contribution in [0.4, 0.5) is 0 Å². The predicted molar refractivity (Wildman–Crippen MR) is 125 cm³/mol. The number of ether oxygens (including phenoxy) is 1. The van der Waals surface area contributed by atoms with Gasteiger partial charge < -0.3 is 14.7 Å². The number of likely N-dealkylation sites (N-methyl/N-ethyl adjacent to an activating group) is 1. The number of phenolic OH excluding ortho intramolecular Hbond substituents is 1. The summed E-state index contributed by atoms with van der Waals surface area (Å²) >= 11 is 12.4. The normalized spacial score (nSPS) is 29.3. The number of aromatic nitrogens is 1. The first-order chi connectivity index (χ1) is 15.5. The Morgan fingerprint density at radius 3 is 2.78 bits per heavy atom. The Morgan fingerprint density at radius 1 is 1.06 bits per heavy atom. The summed E-state index contributed by atoms with van der Waals surface area (Å²) in [5, 5.41) is 11.8. The van der Waals surface area contributed by atoms with E-state index in [-0.39, 0.29) is 17.3 Å². The van der Waals surface area contributed by atoms with Crippen molar-refractivity contribution in [2.75, 3.05) is 13.6 Å². The Balaban J connectivity index is 1.42. The molecular weight excluding hydrogens is 443 g/mol. The number of aromatic hydroxyl groups is 1. The number of nitrogens with zero attached hydrogens (tertiary/aromatic N) is 2. The summed E-state index contributed by atoms with van der Waals surface area (Å²) in [5.74, 6) is 1.36. The summed E-state index contributed by atoms with van der Waals surface area (Å²) in [6.45, 7) is 1.03. The van der Waals surface area contributed by atoms with Gasteiger partial charge in [-0.05, 0) is 79.7 Å². The Hall–Kier alpha value is -2.27. The molecule has 32 heavy (non-hydrogen) atoms. The number of pyridine rings is 1. The van der Waals surface area contributed by atoms with Crippen LogP contribution in [-0.4, -0.2) is 34.6 Å². The molecule has 1 N–H and O–H groups in total. The van der Waals surface area contributed by atoms with Gasteiger partial charge in [-0.1, -0.05) is 35.3 Å². The van der Waals surface area contributed by atoms with Gasteiger partial charge in [-0.3, -0.25) is 4.98 Å². The standard InChI is InChI=1S/C26H22Cl2N2O2/c1-30-7-6-26-17-9-15-8-16(13-2-4-18(27)19(28)10-13)12-29-23(15)25(26)32-24-21(31)5-3-14(22(24)26)11-20(17)30/h2-5,8,10,12,17,20,25,31H,6-7,9,11H2,1H3/t17-,20?,25-,26?/m0/s1. The minimum Gasteiger partial charge on any atom is -0.504 e. The molecule has 2 bridgehead atoms. The van der Waals surface area contributed by atoms with Gasteiger partial charge in [-0.15, -0.1) is 0 Å². The monoisotopic (exact) mass is 464 g/mol. The lowest BCUT2D eigenvalue weighted by molar-refractivity contribution is -0.0260. The zero-order chi connectivity index (χ0) is 21.8. The van der Waals surface area contributed by atoms with E-state index >= 15 is 0 Å². The lowest BCUT2D eigenvalue weighted by Crippen LogP contribution is -2.62. The molecule has 4 atom stereocenters. The number of phenols is 1. The highest BCUT2D eigenvalue weighted by atomic mass is 35.5. The van der Waals surface area contributed by atoms with Crippen molar-refractivity contribution in [1.29, 1.82) is 0 Å². The van der Waals surface area contributed by atoms with Crippen molar-refractivity contribution in [3.05, 3.63) is 75.0 Å². The van der Waals surface area contributed by atoms with E-state index in [1.165, 1.54) is 16.7 Å². The van der Waals surface area contributed by atoms with E-state index in [2.05, 4.69) is 24.1 Å². The van der Waals surface area contributed by atoms with Gasteiger partial charge in [0.05, 0.1) is 15.7 Å². The molecule has 4 nitrogen and oxygen atoms in total. The number of benzene rings is 2. The SMILES string of the molecule is CN1CCC23c4c5ccc(O)c4O[C@H]2c2ncc(-c4ccc(Cl)c(Cl)c4)cc2C[C@H]3C1C5. The molecule has 162 valence electrons. The second kappa shape index (κ2) is 6.40. The molecule has 4 aliphatic rings. The lowest BCUT2D eigenvalue weighted by Gasteiger charge is -2.57. The van der Waals surface area contributed by atoms with Gasteiger partial charge in [0.15, 0.2) is 17.6 Å². The molecule has 1 spiro atoms. The van der Waals surface area contributed by atoms with E-state index in [9.17, 15) is 5.11 Å². The summed E-state index contributed by atoms with van der Waals surface area (Å²) in [6.07, 6.45) is 4.74. The van der Waals surface area contributed by atoms with E-state index in [0.29, 0.717) is 27.8 Å². The molecule has 3 aromatic rings. The van der Waals surface area contributed by atoms with Gasteiger partial charge in [0.25, 0.3) is 0 Å². The summed E-state index contributed by atoms with van der Waals surface area (Å²) in [4.78, 5) is 7.47. The first kappa shape index (κ1) is 19.2. The van der Waals surface area contributed by atoms with Crippen LogP contribution in [0.15, 0.2) is 42.6 Å². The fourth-order valence-corrected chi connectivity index (χ4v) is 7.20. The van der Waals surface area contributed by atoms with Crippen molar-refractivity contribution in [2.45, 2.75) is 36.8 Å². The molecular formula is C26H22Cl2N2O2. The molecule has 0 radical (unpaired) electrons. The topological polar surface area (TPSA) is 45.6 Å². The molecule has 2 unspecified atom stereocenters. The number of piperidine rings is 1. The van der Waals surface area contributed by atoms with Crippen LogP contribution >= 0.6 is 23.2 Å². The van der Waals surface area contributed by atoms with Crippen molar-refractivity contribution in [3.63, 3.8) is 0 Å². The molecule has 1 fully saturated rings. The minimum absolute atomic E-state index is 0.107. The third kappa shape index (κ3) is 2.30. The molecule has 0 amide bonds. The van der Waals surface area contributed by atoms with Gasteiger partial charge in [-0.25, -0.2) is 0 Å². The van der Waals surface area contributed by atoms with E-state index in [1.807, 2.05) is 24.4 Å². The number of hydrogen-bond donors (Lipinski definition) is 1. The molecule has 7 rings (SSSR count). The number of fused-ring (bicyclic) bond motifs is 2. The Labute approximate surface area is 196 Å². The third-order valence-corrected chi connectivity index (χ3v) is 9.07. The number of rotatable bonds is 1. The number of likely N-dealkylation sites (tertiary alicyclic amines) is 1. The fourth-order valence-electron chi connectivity index (χ4n) is 6.90. The van der Waals surface area contributed by atoms with Crippen LogP contribution in [-0.2, 0) is 18.3 Å². The minimum atomic E-state index is -0.155. The zero-order valence-corrected chi connectivity index (χ0v) is 19.1. The maximum atomic E-state index is 10.7. The van der Waals surface area contributed by atoms with E-state index in [0.717, 1.165) is 42.6 Å². The predicted octanol–water partition coefficient (Wildman–Crippen LogP) is 5.57. The van der Waals surface area contributed by atoms with Crippen LogP contribution in [0.5, 0.6) is 11.5 Å². The average molecular weight is 465 g/mol. The first-order valence-corrected chi connectivity index (χ1v) is 11.9. The molecule has 1 aromatic heterocycles. The average Bonchev–Trinajstić information content (AvgIpc) is 3.14. The highest BCUT2D eigenvalue weighted by Gasteiger charge is 2.64. The number of halogens is 2. The number of hydrogen-bond acceptors (Lipinski definition) is 4. The quantitative estimate of drug-likeness (QED) is 0.511. The Kier molecular flexibility index (Phi) is 3.85. The van der Waals surface area contributed by atoms with Crippen molar-refractivity contribution in [3.8, 4) is 22.6 Å². The van der Waals surface area contributed by atoms with Gasteiger partial charge in [0.1, 0.15) is 0 Å². The highest BCUT2D eigenvalue weighted by molar-refractivity contribution is 6.42. The summed E-state index contributed by atoms with van der Waals surface area (Å²) in [6, 6.07) is 12.3. The smallest absolute Gasteiger partial charge is 0.166 e.